The standard InChI is InChI=1S/C13H9Cl3O/c1-17-12-4-2-3-9(13(12)16)8-5-6-10(14)11(15)7-8/h2-7H,1H3. The lowest BCUT2D eigenvalue weighted by Gasteiger charge is -2.09. The van der Waals surface area contributed by atoms with Crippen LogP contribution in [0.25, 0.3) is 11.1 Å². The monoisotopic (exact) mass is 286 g/mol. The van der Waals surface area contributed by atoms with Gasteiger partial charge in [-0.3, -0.25) is 0 Å². The molecule has 0 N–H and O–H groups in total. The minimum Gasteiger partial charge on any atom is -0.495 e. The zero-order chi connectivity index (χ0) is 12.4. The van der Waals surface area contributed by atoms with Gasteiger partial charge in [0.1, 0.15) is 5.75 Å². The molecule has 88 valence electrons. The third kappa shape index (κ3) is 2.52. The summed E-state index contributed by atoms with van der Waals surface area (Å²) in [6.45, 7) is 0. The van der Waals surface area contributed by atoms with Crippen molar-refractivity contribution in [3.8, 4) is 16.9 Å². The number of hydrogen-bond acceptors (Lipinski definition) is 1. The topological polar surface area (TPSA) is 9.23 Å². The molecule has 0 fully saturated rings. The lowest BCUT2D eigenvalue weighted by molar-refractivity contribution is 0.415. The highest BCUT2D eigenvalue weighted by molar-refractivity contribution is 6.42. The first-order chi connectivity index (χ1) is 8.13. The molecule has 1 nitrogen and oxygen atoms in total. The van der Waals surface area contributed by atoms with Gasteiger partial charge in [-0.1, -0.05) is 53.0 Å². The molecule has 0 amide bonds. The Morgan fingerprint density at radius 1 is 0.941 bits per heavy atom. The molecule has 0 bridgehead atoms. The molecule has 0 aliphatic heterocycles. The summed E-state index contributed by atoms with van der Waals surface area (Å²) < 4.78 is 5.17. The molecule has 0 heterocycles. The van der Waals surface area contributed by atoms with Crippen LogP contribution >= 0.6 is 34.8 Å². The van der Waals surface area contributed by atoms with E-state index in [2.05, 4.69) is 0 Å². The van der Waals surface area contributed by atoms with Gasteiger partial charge in [0.25, 0.3) is 0 Å². The van der Waals surface area contributed by atoms with Crippen LogP contribution in [0.5, 0.6) is 5.75 Å². The van der Waals surface area contributed by atoms with Gasteiger partial charge in [0.2, 0.25) is 0 Å². The third-order valence-corrected chi connectivity index (χ3v) is 3.54. The maximum atomic E-state index is 6.23. The van der Waals surface area contributed by atoms with Crippen molar-refractivity contribution in [3.05, 3.63) is 51.5 Å². The smallest absolute Gasteiger partial charge is 0.138 e. The molecule has 0 aliphatic carbocycles. The zero-order valence-corrected chi connectivity index (χ0v) is 11.3. The van der Waals surface area contributed by atoms with Crippen molar-refractivity contribution in [2.24, 2.45) is 0 Å². The summed E-state index contributed by atoms with van der Waals surface area (Å²) in [5, 5.41) is 1.59. The molecule has 0 saturated heterocycles. The van der Waals surface area contributed by atoms with E-state index in [1.54, 1.807) is 19.2 Å². The molecule has 0 radical (unpaired) electrons. The van der Waals surface area contributed by atoms with Crippen molar-refractivity contribution in [2.45, 2.75) is 0 Å². The third-order valence-electron chi connectivity index (χ3n) is 2.41. The molecule has 0 spiro atoms. The molecule has 0 unspecified atom stereocenters. The van der Waals surface area contributed by atoms with Crippen molar-refractivity contribution in [2.75, 3.05) is 7.11 Å². The second kappa shape index (κ2) is 5.18. The molecule has 2 aromatic rings. The van der Waals surface area contributed by atoms with Crippen LogP contribution in [0.1, 0.15) is 0 Å². The molecule has 0 aliphatic rings. The molecule has 0 aromatic heterocycles. The van der Waals surface area contributed by atoms with Gasteiger partial charge >= 0.3 is 0 Å². The predicted molar refractivity (Wildman–Crippen MR) is 73.5 cm³/mol. The fourth-order valence-corrected chi connectivity index (χ4v) is 2.17. The highest BCUT2D eigenvalue weighted by atomic mass is 35.5. The summed E-state index contributed by atoms with van der Waals surface area (Å²) in [6.07, 6.45) is 0. The van der Waals surface area contributed by atoms with E-state index in [9.17, 15) is 0 Å². The number of benzene rings is 2. The van der Waals surface area contributed by atoms with Gasteiger partial charge in [-0.25, -0.2) is 0 Å². The summed E-state index contributed by atoms with van der Waals surface area (Å²) in [5.41, 5.74) is 1.77. The maximum absolute atomic E-state index is 6.23. The average molecular weight is 288 g/mol. The van der Waals surface area contributed by atoms with Crippen molar-refractivity contribution < 1.29 is 4.74 Å². The SMILES string of the molecule is COc1cccc(-c2ccc(Cl)c(Cl)c2)c1Cl. The summed E-state index contributed by atoms with van der Waals surface area (Å²) in [7, 11) is 1.58. The Morgan fingerprint density at radius 2 is 1.71 bits per heavy atom. The fraction of sp³-hybridized carbons (Fsp3) is 0.0769. The van der Waals surface area contributed by atoms with E-state index >= 15 is 0 Å². The van der Waals surface area contributed by atoms with Crippen LogP contribution < -0.4 is 4.74 Å². The van der Waals surface area contributed by atoms with E-state index in [0.29, 0.717) is 20.8 Å². The lowest BCUT2D eigenvalue weighted by atomic mass is 10.1. The van der Waals surface area contributed by atoms with Crippen molar-refractivity contribution in [1.82, 2.24) is 0 Å². The summed E-state index contributed by atoms with van der Waals surface area (Å²) in [4.78, 5) is 0. The molecule has 4 heteroatoms. The van der Waals surface area contributed by atoms with E-state index in [0.717, 1.165) is 11.1 Å². The first kappa shape index (κ1) is 12.6. The van der Waals surface area contributed by atoms with E-state index < -0.39 is 0 Å². The molecular weight excluding hydrogens is 279 g/mol. The van der Waals surface area contributed by atoms with E-state index in [1.165, 1.54) is 0 Å². The highest BCUT2D eigenvalue weighted by Crippen LogP contribution is 2.37. The molecule has 2 aromatic carbocycles. The molecule has 0 atom stereocenters. The molecule has 0 saturated carbocycles. The number of ether oxygens (including phenoxy) is 1. The van der Waals surface area contributed by atoms with Crippen LogP contribution in [0.15, 0.2) is 36.4 Å². The van der Waals surface area contributed by atoms with Gasteiger partial charge in [0, 0.05) is 5.56 Å². The van der Waals surface area contributed by atoms with E-state index in [-0.39, 0.29) is 0 Å². The van der Waals surface area contributed by atoms with Gasteiger partial charge in [-0.05, 0) is 23.8 Å². The molecule has 2 rings (SSSR count). The highest BCUT2D eigenvalue weighted by Gasteiger charge is 2.09. The Balaban J connectivity index is 2.56. The first-order valence-corrected chi connectivity index (χ1v) is 6.05. The van der Waals surface area contributed by atoms with Crippen LogP contribution in [-0.2, 0) is 0 Å². The zero-order valence-electron chi connectivity index (χ0n) is 9.01. The number of rotatable bonds is 2. The average Bonchev–Trinajstić information content (AvgIpc) is 2.33. The van der Waals surface area contributed by atoms with Crippen LogP contribution in [0.3, 0.4) is 0 Å². The Kier molecular flexibility index (Phi) is 3.82. The van der Waals surface area contributed by atoms with E-state index in [1.807, 2.05) is 24.3 Å². The second-order valence-corrected chi connectivity index (χ2v) is 4.64. The molecular formula is C13H9Cl3O. The summed E-state index contributed by atoms with van der Waals surface area (Å²) in [6, 6.07) is 11.0. The van der Waals surface area contributed by atoms with Crippen molar-refractivity contribution in [1.29, 1.82) is 0 Å². The van der Waals surface area contributed by atoms with Gasteiger partial charge in [-0.15, -0.1) is 0 Å². The normalized spacial score (nSPS) is 10.4. The number of halogens is 3. The van der Waals surface area contributed by atoms with E-state index in [4.69, 9.17) is 39.5 Å². The van der Waals surface area contributed by atoms with Gasteiger partial charge < -0.3 is 4.74 Å². The van der Waals surface area contributed by atoms with Gasteiger partial charge in [0.05, 0.1) is 22.2 Å². The Morgan fingerprint density at radius 3 is 2.35 bits per heavy atom. The van der Waals surface area contributed by atoms with Gasteiger partial charge in [0.15, 0.2) is 0 Å². The summed E-state index contributed by atoms with van der Waals surface area (Å²) >= 11 is 18.1. The van der Waals surface area contributed by atoms with Gasteiger partial charge in [-0.2, -0.15) is 0 Å². The largest absolute Gasteiger partial charge is 0.495 e. The molecule has 17 heavy (non-hydrogen) atoms. The van der Waals surface area contributed by atoms with Crippen molar-refractivity contribution >= 4 is 34.8 Å². The Labute approximate surface area is 115 Å². The van der Waals surface area contributed by atoms with Crippen LogP contribution in [0.4, 0.5) is 0 Å². The quantitative estimate of drug-likeness (QED) is 0.726. The number of methoxy groups -OCH3 is 1. The van der Waals surface area contributed by atoms with Crippen LogP contribution in [0, 0.1) is 0 Å². The minimum atomic E-state index is 0.503. The maximum Gasteiger partial charge on any atom is 0.138 e. The minimum absolute atomic E-state index is 0.503. The van der Waals surface area contributed by atoms with Crippen LogP contribution in [-0.4, -0.2) is 7.11 Å². The van der Waals surface area contributed by atoms with Crippen LogP contribution in [0.2, 0.25) is 15.1 Å². The Bertz CT molecular complexity index is 552. The Hall–Kier alpha value is -0.890. The predicted octanol–water partition coefficient (Wildman–Crippen LogP) is 5.32. The first-order valence-electron chi connectivity index (χ1n) is 4.91. The lowest BCUT2D eigenvalue weighted by Crippen LogP contribution is -1.87. The van der Waals surface area contributed by atoms with Crippen molar-refractivity contribution in [3.63, 3.8) is 0 Å². The number of hydrogen-bond donors (Lipinski definition) is 0. The summed E-state index contributed by atoms with van der Waals surface area (Å²) in [5.74, 6) is 0.634. The fourth-order valence-electron chi connectivity index (χ4n) is 1.56. The second-order valence-electron chi connectivity index (χ2n) is 3.45.